The van der Waals surface area contributed by atoms with Crippen LogP contribution in [0.1, 0.15) is 78.3 Å². The Bertz CT molecular complexity index is 1470. The molecule has 0 saturated heterocycles. The molecule has 1 spiro atoms. The molecule has 0 unspecified atom stereocenters. The van der Waals surface area contributed by atoms with Gasteiger partial charge in [0.05, 0.1) is 23.1 Å². The van der Waals surface area contributed by atoms with Gasteiger partial charge < -0.3 is 14.4 Å². The minimum absolute atomic E-state index is 0.0592. The van der Waals surface area contributed by atoms with Crippen molar-refractivity contribution in [1.82, 2.24) is 4.90 Å². The summed E-state index contributed by atoms with van der Waals surface area (Å²) in [6.45, 7) is 2.72. The van der Waals surface area contributed by atoms with E-state index in [1.54, 1.807) is 24.3 Å². The molecule has 198 valence electrons. The van der Waals surface area contributed by atoms with Gasteiger partial charge in [-0.2, -0.15) is 5.26 Å². The molecule has 1 saturated carbocycles. The maximum absolute atomic E-state index is 13.3. The standard InChI is InChI=1S/C32H31N3O4/c1-2-3-12-28-34-30(26(20-33)29(36)27-11-8-19-39-27)32(17-6-7-18-32)35(28)21-22-13-15-23(16-14-22)24-9-4-5-10-25(24)31(37)38/h4-5,8-11,13-16,19H,2-3,6-7,12,17-18,21H2,1H3,(H,37,38)/b30-26-. The van der Waals surface area contributed by atoms with Crippen molar-refractivity contribution in [2.24, 2.45) is 4.99 Å². The van der Waals surface area contributed by atoms with Crippen LogP contribution < -0.4 is 0 Å². The summed E-state index contributed by atoms with van der Waals surface area (Å²) in [5.41, 5.74) is 2.96. The number of benzene rings is 2. The molecule has 1 fully saturated rings. The molecule has 7 heteroatoms. The Morgan fingerprint density at radius 3 is 2.46 bits per heavy atom. The first kappa shape index (κ1) is 26.2. The average Bonchev–Trinajstić information content (AvgIpc) is 3.72. The Balaban J connectivity index is 1.52. The van der Waals surface area contributed by atoms with Gasteiger partial charge in [0.25, 0.3) is 0 Å². The Labute approximate surface area is 228 Å². The summed E-state index contributed by atoms with van der Waals surface area (Å²) in [7, 11) is 0. The minimum atomic E-state index is -0.955. The lowest BCUT2D eigenvalue weighted by atomic mass is 9.87. The van der Waals surface area contributed by atoms with E-state index in [-0.39, 0.29) is 16.9 Å². The molecule has 1 aromatic heterocycles. The largest absolute Gasteiger partial charge is 0.478 e. The van der Waals surface area contributed by atoms with E-state index in [9.17, 15) is 20.0 Å². The molecule has 0 bridgehead atoms. The fourth-order valence-corrected chi connectivity index (χ4v) is 5.83. The maximum Gasteiger partial charge on any atom is 0.336 e. The molecule has 7 nitrogen and oxygen atoms in total. The van der Waals surface area contributed by atoms with E-state index < -0.39 is 17.3 Å². The zero-order valence-corrected chi connectivity index (χ0v) is 22.0. The third-order valence-corrected chi connectivity index (χ3v) is 7.78. The molecular formula is C32H31N3O4. The van der Waals surface area contributed by atoms with Crippen LogP contribution in [-0.4, -0.2) is 33.1 Å². The van der Waals surface area contributed by atoms with Gasteiger partial charge in [0.1, 0.15) is 17.5 Å². The Morgan fingerprint density at radius 1 is 1.08 bits per heavy atom. The van der Waals surface area contributed by atoms with Crippen LogP contribution in [0.5, 0.6) is 0 Å². The van der Waals surface area contributed by atoms with Gasteiger partial charge in [0, 0.05) is 13.0 Å². The highest BCUT2D eigenvalue weighted by molar-refractivity contribution is 6.11. The van der Waals surface area contributed by atoms with Crippen molar-refractivity contribution in [2.75, 3.05) is 0 Å². The van der Waals surface area contributed by atoms with Gasteiger partial charge in [-0.05, 0) is 54.2 Å². The maximum atomic E-state index is 13.3. The summed E-state index contributed by atoms with van der Waals surface area (Å²) in [4.78, 5) is 32.3. The lowest BCUT2D eigenvalue weighted by Gasteiger charge is -2.38. The topological polar surface area (TPSA) is 107 Å². The van der Waals surface area contributed by atoms with Crippen molar-refractivity contribution in [1.29, 1.82) is 5.26 Å². The number of nitriles is 1. The quantitative estimate of drug-likeness (QED) is 0.184. The number of unbranched alkanes of at least 4 members (excludes halogenated alkanes) is 1. The normalized spacial score (nSPS) is 17.2. The fraction of sp³-hybridized carbons (Fsp3) is 0.312. The number of rotatable bonds is 9. The zero-order chi connectivity index (χ0) is 27.4. The molecule has 0 amide bonds. The van der Waals surface area contributed by atoms with Crippen molar-refractivity contribution in [3.8, 4) is 17.2 Å². The molecule has 1 aliphatic carbocycles. The molecule has 0 atom stereocenters. The number of aliphatic imine (C=N–C) groups is 1. The van der Waals surface area contributed by atoms with Crippen LogP contribution in [0.3, 0.4) is 0 Å². The van der Waals surface area contributed by atoms with Crippen molar-refractivity contribution >= 4 is 17.6 Å². The molecule has 3 aromatic rings. The lowest BCUT2D eigenvalue weighted by molar-refractivity contribution is 0.0697. The Kier molecular flexibility index (Phi) is 7.47. The van der Waals surface area contributed by atoms with E-state index >= 15 is 0 Å². The van der Waals surface area contributed by atoms with Crippen molar-refractivity contribution in [3.05, 3.63) is 95.1 Å². The minimum Gasteiger partial charge on any atom is -0.478 e. The number of carboxylic acid groups (broad SMARTS) is 1. The third-order valence-electron chi connectivity index (χ3n) is 7.78. The molecule has 0 radical (unpaired) electrons. The monoisotopic (exact) mass is 521 g/mol. The Hall–Kier alpha value is -4.44. The highest BCUT2D eigenvalue weighted by atomic mass is 16.4. The van der Waals surface area contributed by atoms with Gasteiger partial charge in [-0.15, -0.1) is 0 Å². The van der Waals surface area contributed by atoms with Gasteiger partial charge in [0.15, 0.2) is 5.76 Å². The Morgan fingerprint density at radius 2 is 1.82 bits per heavy atom. The number of hydrogen-bond acceptors (Lipinski definition) is 6. The van der Waals surface area contributed by atoms with Gasteiger partial charge in [-0.3, -0.25) is 4.79 Å². The van der Waals surface area contributed by atoms with Crippen LogP contribution in [0.25, 0.3) is 11.1 Å². The molecule has 2 aromatic carbocycles. The first-order valence-corrected chi connectivity index (χ1v) is 13.5. The van der Waals surface area contributed by atoms with E-state index in [1.165, 1.54) is 6.26 Å². The van der Waals surface area contributed by atoms with Gasteiger partial charge in [-0.25, -0.2) is 9.79 Å². The summed E-state index contributed by atoms with van der Waals surface area (Å²) < 4.78 is 5.34. The van der Waals surface area contributed by atoms with E-state index in [0.29, 0.717) is 17.8 Å². The lowest BCUT2D eigenvalue weighted by Crippen LogP contribution is -2.46. The van der Waals surface area contributed by atoms with Crippen LogP contribution in [0.4, 0.5) is 0 Å². The number of Topliss-reactive ketones (excluding diaryl/α,β-unsaturated/α-hetero) is 1. The summed E-state index contributed by atoms with van der Waals surface area (Å²) in [5, 5.41) is 19.7. The summed E-state index contributed by atoms with van der Waals surface area (Å²) >= 11 is 0. The predicted molar refractivity (Wildman–Crippen MR) is 148 cm³/mol. The predicted octanol–water partition coefficient (Wildman–Crippen LogP) is 7.02. The first-order chi connectivity index (χ1) is 19.0. The van der Waals surface area contributed by atoms with E-state index in [4.69, 9.17) is 9.41 Å². The number of nitrogens with zero attached hydrogens (tertiary/aromatic N) is 3. The number of carboxylic acids is 1. The molecular weight excluding hydrogens is 490 g/mol. The number of aromatic carboxylic acids is 1. The summed E-state index contributed by atoms with van der Waals surface area (Å²) in [6.07, 6.45) is 7.80. The summed E-state index contributed by atoms with van der Waals surface area (Å²) in [6, 6.07) is 20.3. The number of furan rings is 1. The second-order valence-corrected chi connectivity index (χ2v) is 10.1. The summed E-state index contributed by atoms with van der Waals surface area (Å²) in [5.74, 6) is -0.323. The highest BCUT2D eigenvalue weighted by Gasteiger charge is 2.50. The SMILES string of the molecule is CCCCC1=N/C(=C(/C#N)C(=O)c2ccco2)C2(CCCC2)N1Cc1ccc(-c2ccccc2C(=O)O)cc1. The molecule has 2 aliphatic rings. The van der Waals surface area contributed by atoms with Gasteiger partial charge >= 0.3 is 5.97 Å². The second-order valence-electron chi connectivity index (χ2n) is 10.1. The van der Waals surface area contributed by atoms with E-state index in [2.05, 4.69) is 17.9 Å². The highest BCUT2D eigenvalue weighted by Crippen LogP contribution is 2.48. The smallest absolute Gasteiger partial charge is 0.336 e. The third kappa shape index (κ3) is 4.90. The molecule has 5 rings (SSSR count). The molecule has 1 aliphatic heterocycles. The van der Waals surface area contributed by atoms with Crippen molar-refractivity contribution in [3.63, 3.8) is 0 Å². The number of amidine groups is 1. The number of carbonyl (C=O) groups excluding carboxylic acids is 1. The van der Waals surface area contributed by atoms with Crippen LogP contribution in [0.15, 0.2) is 87.6 Å². The van der Waals surface area contributed by atoms with E-state index in [0.717, 1.165) is 61.9 Å². The number of hydrogen-bond donors (Lipinski definition) is 1. The molecule has 2 heterocycles. The van der Waals surface area contributed by atoms with Crippen LogP contribution in [-0.2, 0) is 6.54 Å². The average molecular weight is 522 g/mol. The van der Waals surface area contributed by atoms with Crippen LogP contribution in [0.2, 0.25) is 0 Å². The van der Waals surface area contributed by atoms with Crippen molar-refractivity contribution < 1.29 is 19.1 Å². The number of ketones is 1. The van der Waals surface area contributed by atoms with E-state index in [1.807, 2.05) is 36.4 Å². The molecule has 1 N–H and O–H groups in total. The van der Waals surface area contributed by atoms with Gasteiger partial charge in [0.2, 0.25) is 5.78 Å². The zero-order valence-electron chi connectivity index (χ0n) is 22.0. The number of carbonyl (C=O) groups is 2. The first-order valence-electron chi connectivity index (χ1n) is 13.5. The molecule has 39 heavy (non-hydrogen) atoms. The van der Waals surface area contributed by atoms with Crippen molar-refractivity contribution in [2.45, 2.75) is 64.0 Å². The van der Waals surface area contributed by atoms with Crippen LogP contribution in [0, 0.1) is 11.3 Å². The second kappa shape index (κ2) is 11.1. The van der Waals surface area contributed by atoms with Gasteiger partial charge in [-0.1, -0.05) is 68.7 Å². The fourth-order valence-electron chi connectivity index (χ4n) is 5.83. The van der Waals surface area contributed by atoms with Crippen LogP contribution >= 0.6 is 0 Å². The number of allylic oxidation sites excluding steroid dienone is 1.